The Morgan fingerprint density at radius 1 is 1.06 bits per heavy atom. The number of carbonyl (C=O) groups is 1. The molecule has 0 aliphatic carbocycles. The summed E-state index contributed by atoms with van der Waals surface area (Å²) in [6.45, 7) is 11.1. The molecule has 0 spiro atoms. The fourth-order valence-electron chi connectivity index (χ4n) is 3.77. The summed E-state index contributed by atoms with van der Waals surface area (Å²) in [5, 5.41) is 2.95. The van der Waals surface area contributed by atoms with Gasteiger partial charge in [0, 0.05) is 31.7 Å². The molecule has 1 N–H and O–H groups in total. The van der Waals surface area contributed by atoms with E-state index in [1.54, 1.807) is 30.3 Å². The van der Waals surface area contributed by atoms with Gasteiger partial charge in [0.15, 0.2) is 0 Å². The van der Waals surface area contributed by atoms with E-state index in [1.807, 2.05) is 26.0 Å². The van der Waals surface area contributed by atoms with Gasteiger partial charge in [0.25, 0.3) is 5.91 Å². The average Bonchev–Trinajstić information content (AvgIpc) is 2.81. The van der Waals surface area contributed by atoms with Crippen LogP contribution >= 0.6 is 0 Å². The van der Waals surface area contributed by atoms with Crippen molar-refractivity contribution in [2.24, 2.45) is 0 Å². The lowest BCUT2D eigenvalue weighted by Gasteiger charge is -2.28. The third-order valence-corrected chi connectivity index (χ3v) is 7.66. The van der Waals surface area contributed by atoms with E-state index < -0.39 is 10.0 Å². The normalized spacial score (nSPS) is 15.0. The summed E-state index contributed by atoms with van der Waals surface area (Å²) in [6, 6.07) is 12.5. The summed E-state index contributed by atoms with van der Waals surface area (Å²) in [6.07, 6.45) is 0. The van der Waals surface area contributed by atoms with Crippen molar-refractivity contribution in [1.29, 1.82) is 0 Å². The lowest BCUT2D eigenvalue weighted by molar-refractivity contribution is 0.0730. The third kappa shape index (κ3) is 5.31. The molecule has 8 heteroatoms. The molecule has 0 unspecified atom stereocenters. The number of benzene rings is 2. The van der Waals surface area contributed by atoms with Crippen LogP contribution in [0.2, 0.25) is 0 Å². The fourth-order valence-corrected chi connectivity index (χ4v) is 5.20. The maximum Gasteiger partial charge on any atom is 0.255 e. The monoisotopic (exact) mass is 459 g/mol. The average molecular weight is 460 g/mol. The lowest BCUT2D eigenvalue weighted by Crippen LogP contribution is -2.40. The van der Waals surface area contributed by atoms with Gasteiger partial charge in [0.05, 0.1) is 29.5 Å². The van der Waals surface area contributed by atoms with Gasteiger partial charge in [-0.1, -0.05) is 26.0 Å². The van der Waals surface area contributed by atoms with Crippen LogP contribution in [0.4, 0.5) is 11.4 Å². The number of anilines is 2. The number of hydrogen-bond donors (Lipinski definition) is 1. The minimum atomic E-state index is -3.67. The number of amides is 1. The highest BCUT2D eigenvalue weighted by Crippen LogP contribution is 2.31. The van der Waals surface area contributed by atoms with Gasteiger partial charge in [-0.3, -0.25) is 4.79 Å². The van der Waals surface area contributed by atoms with Gasteiger partial charge < -0.3 is 15.0 Å². The van der Waals surface area contributed by atoms with E-state index in [4.69, 9.17) is 4.74 Å². The van der Waals surface area contributed by atoms with E-state index in [1.165, 1.54) is 4.31 Å². The smallest absolute Gasteiger partial charge is 0.255 e. The quantitative estimate of drug-likeness (QED) is 0.647. The topological polar surface area (TPSA) is 79.0 Å². The van der Waals surface area contributed by atoms with Crippen LogP contribution in [0.1, 0.15) is 49.5 Å². The molecule has 1 heterocycles. The first-order chi connectivity index (χ1) is 15.3. The van der Waals surface area contributed by atoms with Gasteiger partial charge in [-0.25, -0.2) is 8.42 Å². The Morgan fingerprint density at radius 2 is 1.69 bits per heavy atom. The van der Waals surface area contributed by atoms with E-state index in [9.17, 15) is 13.2 Å². The van der Waals surface area contributed by atoms with Crippen LogP contribution in [0, 0.1) is 0 Å². The van der Waals surface area contributed by atoms with Crippen molar-refractivity contribution in [1.82, 2.24) is 4.31 Å². The first-order valence-electron chi connectivity index (χ1n) is 11.2. The van der Waals surface area contributed by atoms with Crippen LogP contribution in [0.25, 0.3) is 0 Å². The van der Waals surface area contributed by atoms with Crippen LogP contribution < -0.4 is 10.2 Å². The molecule has 3 rings (SSSR count). The van der Waals surface area contributed by atoms with Crippen LogP contribution in [0.15, 0.2) is 47.4 Å². The molecule has 1 saturated heterocycles. The van der Waals surface area contributed by atoms with Crippen molar-refractivity contribution in [3.63, 3.8) is 0 Å². The molecular weight excluding hydrogens is 426 g/mol. The second-order valence-electron chi connectivity index (χ2n) is 8.10. The first kappa shape index (κ1) is 24.2. The molecule has 2 aromatic carbocycles. The maximum atomic E-state index is 13.2. The SMILES string of the molecule is CCN(CC)c1ccc(S(=O)(=O)N2CCOCC2)cc1NC(=O)c1ccc(C(C)C)cc1. The molecule has 7 nitrogen and oxygen atoms in total. The van der Waals surface area contributed by atoms with Crippen LogP contribution in [0.5, 0.6) is 0 Å². The van der Waals surface area contributed by atoms with Gasteiger partial charge >= 0.3 is 0 Å². The number of morpholine rings is 1. The molecule has 0 saturated carbocycles. The van der Waals surface area contributed by atoms with E-state index in [0.29, 0.717) is 43.5 Å². The summed E-state index contributed by atoms with van der Waals surface area (Å²) < 4.78 is 33.0. The number of carbonyl (C=O) groups excluding carboxylic acids is 1. The highest BCUT2D eigenvalue weighted by molar-refractivity contribution is 7.89. The molecule has 0 aromatic heterocycles. The van der Waals surface area contributed by atoms with Crippen molar-refractivity contribution in [3.8, 4) is 0 Å². The molecule has 32 heavy (non-hydrogen) atoms. The Hall–Kier alpha value is -2.42. The van der Waals surface area contributed by atoms with Crippen molar-refractivity contribution in [3.05, 3.63) is 53.6 Å². The molecule has 1 aliphatic heterocycles. The summed E-state index contributed by atoms with van der Waals surface area (Å²) in [5.41, 5.74) is 2.97. The largest absolute Gasteiger partial charge is 0.379 e. The zero-order valence-electron chi connectivity index (χ0n) is 19.3. The van der Waals surface area contributed by atoms with Gasteiger partial charge in [-0.2, -0.15) is 4.31 Å². The van der Waals surface area contributed by atoms with Crippen LogP contribution in [0.3, 0.4) is 0 Å². The second kappa shape index (κ2) is 10.5. The van der Waals surface area contributed by atoms with Crippen molar-refractivity contribution < 1.29 is 17.9 Å². The lowest BCUT2D eigenvalue weighted by atomic mass is 10.0. The molecule has 1 amide bonds. The number of rotatable bonds is 8. The minimum Gasteiger partial charge on any atom is -0.379 e. The predicted molar refractivity (Wildman–Crippen MR) is 128 cm³/mol. The van der Waals surface area contributed by atoms with Crippen LogP contribution in [-0.4, -0.2) is 58.0 Å². The Morgan fingerprint density at radius 3 is 2.25 bits per heavy atom. The van der Waals surface area contributed by atoms with Crippen molar-refractivity contribution >= 4 is 27.3 Å². The van der Waals surface area contributed by atoms with Gasteiger partial charge in [-0.05, 0) is 55.7 Å². The molecular formula is C24H33N3O4S. The first-order valence-corrected chi connectivity index (χ1v) is 12.6. The maximum absolute atomic E-state index is 13.2. The van der Waals surface area contributed by atoms with Gasteiger partial charge in [0.2, 0.25) is 10.0 Å². The van der Waals surface area contributed by atoms with E-state index in [2.05, 4.69) is 24.1 Å². The van der Waals surface area contributed by atoms with E-state index >= 15 is 0 Å². The highest BCUT2D eigenvalue weighted by atomic mass is 32.2. The number of ether oxygens (including phenoxy) is 1. The minimum absolute atomic E-state index is 0.167. The standard InChI is InChI=1S/C24H33N3O4S/c1-5-26(6-2)23-12-11-21(32(29,30)27-13-15-31-16-14-27)17-22(23)25-24(28)20-9-7-19(8-10-20)18(3)4/h7-12,17-18H,5-6,13-16H2,1-4H3,(H,25,28). The van der Waals surface area contributed by atoms with Gasteiger partial charge in [0.1, 0.15) is 0 Å². The Labute approximate surface area is 191 Å². The van der Waals surface area contributed by atoms with E-state index in [-0.39, 0.29) is 10.8 Å². The molecule has 0 atom stereocenters. The molecule has 174 valence electrons. The Balaban J connectivity index is 1.95. The van der Waals surface area contributed by atoms with Gasteiger partial charge in [-0.15, -0.1) is 0 Å². The summed E-state index contributed by atoms with van der Waals surface area (Å²) in [5.74, 6) is 0.109. The third-order valence-electron chi connectivity index (χ3n) is 5.77. The zero-order chi connectivity index (χ0) is 23.3. The van der Waals surface area contributed by atoms with Crippen molar-refractivity contribution in [2.45, 2.75) is 38.5 Å². The number of hydrogen-bond acceptors (Lipinski definition) is 5. The summed E-state index contributed by atoms with van der Waals surface area (Å²) >= 11 is 0. The molecule has 1 fully saturated rings. The summed E-state index contributed by atoms with van der Waals surface area (Å²) in [7, 11) is -3.67. The summed E-state index contributed by atoms with van der Waals surface area (Å²) in [4.78, 5) is 15.3. The molecule has 2 aromatic rings. The molecule has 0 bridgehead atoms. The Bertz CT molecular complexity index is 1030. The zero-order valence-corrected chi connectivity index (χ0v) is 20.1. The molecule has 0 radical (unpaired) electrons. The Kier molecular flexibility index (Phi) is 7.92. The molecule has 1 aliphatic rings. The number of sulfonamides is 1. The van der Waals surface area contributed by atoms with Crippen molar-refractivity contribution in [2.75, 3.05) is 49.6 Å². The highest BCUT2D eigenvalue weighted by Gasteiger charge is 2.27. The fraction of sp³-hybridized carbons (Fsp3) is 0.458. The second-order valence-corrected chi connectivity index (χ2v) is 10.0. The van der Waals surface area contributed by atoms with Crippen LogP contribution in [-0.2, 0) is 14.8 Å². The number of nitrogens with one attached hydrogen (secondary N) is 1. The van der Waals surface area contributed by atoms with E-state index in [0.717, 1.165) is 24.3 Å². The number of nitrogens with zero attached hydrogens (tertiary/aromatic N) is 2. The predicted octanol–water partition coefficient (Wildman–Crippen LogP) is 3.93.